The Morgan fingerprint density at radius 3 is 2.32 bits per heavy atom. The predicted octanol–water partition coefficient (Wildman–Crippen LogP) is 3.34. The molecule has 0 atom stereocenters. The lowest BCUT2D eigenvalue weighted by Gasteiger charge is -2.22. The lowest BCUT2D eigenvalue weighted by Crippen LogP contribution is -2.30. The summed E-state index contributed by atoms with van der Waals surface area (Å²) >= 11 is 0. The molecule has 152 valence electrons. The smallest absolute Gasteiger partial charge is 0.257 e. The molecule has 2 aromatic rings. The van der Waals surface area contributed by atoms with E-state index in [-0.39, 0.29) is 19.1 Å². The number of rotatable bonds is 11. The third-order valence-corrected chi connectivity index (χ3v) is 5.31. The molecular weight excluding hydrogens is 376 g/mol. The van der Waals surface area contributed by atoms with Crippen LogP contribution in [0.1, 0.15) is 31.7 Å². The molecule has 0 heterocycles. The maximum absolute atomic E-state index is 12.2. The number of hydrogen-bond donors (Lipinski definition) is 1. The molecule has 6 nitrogen and oxygen atoms in total. The van der Waals surface area contributed by atoms with Crippen molar-refractivity contribution < 1.29 is 17.9 Å². The van der Waals surface area contributed by atoms with Gasteiger partial charge in [-0.25, -0.2) is 8.42 Å². The van der Waals surface area contributed by atoms with Crippen LogP contribution in [-0.4, -0.2) is 33.7 Å². The second kappa shape index (κ2) is 10.7. The Morgan fingerprint density at radius 2 is 1.71 bits per heavy atom. The maximum Gasteiger partial charge on any atom is 0.257 e. The van der Waals surface area contributed by atoms with Crippen molar-refractivity contribution in [1.29, 1.82) is 0 Å². The minimum absolute atomic E-state index is 0.0642. The normalized spacial score (nSPS) is 11.1. The van der Waals surface area contributed by atoms with Crippen molar-refractivity contribution in [2.24, 2.45) is 0 Å². The highest BCUT2D eigenvalue weighted by Crippen LogP contribution is 2.23. The van der Waals surface area contributed by atoms with E-state index in [9.17, 15) is 13.2 Å². The minimum atomic E-state index is -3.44. The number of sulfonamides is 1. The van der Waals surface area contributed by atoms with Crippen molar-refractivity contribution in [2.45, 2.75) is 32.7 Å². The van der Waals surface area contributed by atoms with Crippen molar-refractivity contribution in [3.63, 3.8) is 0 Å². The van der Waals surface area contributed by atoms with Crippen LogP contribution in [0.15, 0.2) is 54.6 Å². The van der Waals surface area contributed by atoms with Crippen molar-refractivity contribution in [3.8, 4) is 5.75 Å². The average Bonchev–Trinajstić information content (AvgIpc) is 2.68. The molecule has 0 spiro atoms. The van der Waals surface area contributed by atoms with Gasteiger partial charge in [-0.05, 0) is 36.2 Å². The van der Waals surface area contributed by atoms with Crippen LogP contribution >= 0.6 is 0 Å². The van der Waals surface area contributed by atoms with Gasteiger partial charge >= 0.3 is 0 Å². The predicted molar refractivity (Wildman–Crippen MR) is 112 cm³/mol. The summed E-state index contributed by atoms with van der Waals surface area (Å²) in [6.45, 7) is 2.95. The van der Waals surface area contributed by atoms with E-state index in [0.717, 1.165) is 24.8 Å². The summed E-state index contributed by atoms with van der Waals surface area (Å²) in [4.78, 5) is 11.8. The number of nitrogens with one attached hydrogen (secondary N) is 1. The number of benzene rings is 2. The van der Waals surface area contributed by atoms with Gasteiger partial charge in [-0.2, -0.15) is 0 Å². The van der Waals surface area contributed by atoms with Crippen LogP contribution in [0.4, 0.5) is 5.69 Å². The van der Waals surface area contributed by atoms with Crippen molar-refractivity contribution in [2.75, 3.05) is 23.7 Å². The minimum Gasteiger partial charge on any atom is -0.484 e. The molecule has 0 saturated heterocycles. The molecule has 0 fully saturated rings. The first kappa shape index (κ1) is 21.8. The van der Waals surface area contributed by atoms with Crippen LogP contribution < -0.4 is 14.4 Å². The first-order valence-corrected chi connectivity index (χ1v) is 11.3. The second-order valence-electron chi connectivity index (χ2n) is 6.59. The highest BCUT2D eigenvalue weighted by molar-refractivity contribution is 7.92. The molecule has 0 radical (unpaired) electrons. The third-order valence-electron chi connectivity index (χ3n) is 4.17. The molecule has 2 aromatic carbocycles. The number of amides is 1. The summed E-state index contributed by atoms with van der Waals surface area (Å²) in [7, 11) is -3.44. The summed E-state index contributed by atoms with van der Waals surface area (Å²) < 4.78 is 31.3. The highest BCUT2D eigenvalue weighted by atomic mass is 32.2. The zero-order valence-corrected chi connectivity index (χ0v) is 17.2. The molecule has 0 saturated carbocycles. The van der Waals surface area contributed by atoms with Crippen LogP contribution in [-0.2, 0) is 21.4 Å². The van der Waals surface area contributed by atoms with Crippen LogP contribution in [0.5, 0.6) is 5.75 Å². The third kappa shape index (κ3) is 7.23. The number of unbranched alkanes of at least 4 members (excludes halogenated alkanes) is 2. The van der Waals surface area contributed by atoms with Gasteiger partial charge in [0.1, 0.15) is 5.75 Å². The van der Waals surface area contributed by atoms with E-state index >= 15 is 0 Å². The first-order valence-electron chi connectivity index (χ1n) is 9.41. The Kier molecular flexibility index (Phi) is 8.32. The van der Waals surface area contributed by atoms with Crippen LogP contribution in [0.25, 0.3) is 0 Å². The second-order valence-corrected chi connectivity index (χ2v) is 8.50. The zero-order chi connectivity index (χ0) is 20.4. The molecule has 0 unspecified atom stereocenters. The monoisotopic (exact) mass is 404 g/mol. The standard InChI is InChI=1S/C21H28N2O4S/c1-3-4-8-15-22-21(24)17-27-20-13-11-19(12-14-20)23(28(2,25)26)16-18-9-6-5-7-10-18/h5-7,9-14H,3-4,8,15-17H2,1-2H3,(H,22,24). The maximum atomic E-state index is 12.2. The van der Waals surface area contributed by atoms with Crippen molar-refractivity contribution in [1.82, 2.24) is 5.32 Å². The van der Waals surface area contributed by atoms with E-state index < -0.39 is 10.0 Å². The van der Waals surface area contributed by atoms with Gasteiger partial charge < -0.3 is 10.1 Å². The van der Waals surface area contributed by atoms with Crippen LogP contribution in [0.3, 0.4) is 0 Å². The van der Waals surface area contributed by atoms with Gasteiger partial charge in [-0.3, -0.25) is 9.10 Å². The number of carbonyl (C=O) groups excluding carboxylic acids is 1. The van der Waals surface area contributed by atoms with Gasteiger partial charge in [0.2, 0.25) is 10.0 Å². The molecule has 1 N–H and O–H groups in total. The van der Waals surface area contributed by atoms with Gasteiger partial charge in [0, 0.05) is 6.54 Å². The molecule has 2 rings (SSSR count). The molecular formula is C21H28N2O4S. The molecule has 0 aliphatic carbocycles. The Labute approximate surface area is 167 Å². The Hall–Kier alpha value is -2.54. The fourth-order valence-electron chi connectivity index (χ4n) is 2.66. The molecule has 0 bridgehead atoms. The lowest BCUT2D eigenvalue weighted by molar-refractivity contribution is -0.123. The molecule has 0 aliphatic rings. The van der Waals surface area contributed by atoms with Gasteiger partial charge in [-0.15, -0.1) is 0 Å². The van der Waals surface area contributed by atoms with Crippen LogP contribution in [0.2, 0.25) is 0 Å². The lowest BCUT2D eigenvalue weighted by atomic mass is 10.2. The van der Waals surface area contributed by atoms with Gasteiger partial charge in [0.25, 0.3) is 5.91 Å². The molecule has 0 aliphatic heterocycles. The van der Waals surface area contributed by atoms with Gasteiger partial charge in [-0.1, -0.05) is 50.1 Å². The van der Waals surface area contributed by atoms with E-state index in [1.807, 2.05) is 30.3 Å². The zero-order valence-electron chi connectivity index (χ0n) is 16.4. The van der Waals surface area contributed by atoms with Crippen molar-refractivity contribution >= 4 is 21.6 Å². The van der Waals surface area contributed by atoms with Gasteiger partial charge in [0.15, 0.2) is 6.61 Å². The quantitative estimate of drug-likeness (QED) is 0.583. The molecule has 0 aromatic heterocycles. The van der Waals surface area contributed by atoms with E-state index in [4.69, 9.17) is 4.74 Å². The topological polar surface area (TPSA) is 75.7 Å². The number of nitrogens with zero attached hydrogens (tertiary/aromatic N) is 1. The largest absolute Gasteiger partial charge is 0.484 e. The SMILES string of the molecule is CCCCCNC(=O)COc1ccc(N(Cc2ccccc2)S(C)(=O)=O)cc1. The number of anilines is 1. The van der Waals surface area contributed by atoms with E-state index in [2.05, 4.69) is 12.2 Å². The molecule has 7 heteroatoms. The summed E-state index contributed by atoms with van der Waals surface area (Å²) in [6.07, 6.45) is 4.33. The van der Waals surface area contributed by atoms with Crippen molar-refractivity contribution in [3.05, 3.63) is 60.2 Å². The Balaban J connectivity index is 1.96. The Morgan fingerprint density at radius 1 is 1.04 bits per heavy atom. The summed E-state index contributed by atoms with van der Waals surface area (Å²) in [6, 6.07) is 16.1. The number of ether oxygens (including phenoxy) is 1. The highest BCUT2D eigenvalue weighted by Gasteiger charge is 2.18. The average molecular weight is 405 g/mol. The van der Waals surface area contributed by atoms with Gasteiger partial charge in [0.05, 0.1) is 18.5 Å². The van der Waals surface area contributed by atoms with Crippen LogP contribution in [0, 0.1) is 0 Å². The fraction of sp³-hybridized carbons (Fsp3) is 0.381. The summed E-state index contributed by atoms with van der Waals surface area (Å²) in [5, 5.41) is 2.81. The Bertz CT molecular complexity index is 836. The van der Waals surface area contributed by atoms with E-state index in [1.165, 1.54) is 10.6 Å². The number of hydrogen-bond acceptors (Lipinski definition) is 4. The molecule has 28 heavy (non-hydrogen) atoms. The first-order chi connectivity index (χ1) is 13.4. The molecule has 1 amide bonds. The van der Waals surface area contributed by atoms with E-state index in [0.29, 0.717) is 18.0 Å². The fourth-order valence-corrected chi connectivity index (χ4v) is 3.55. The summed E-state index contributed by atoms with van der Waals surface area (Å²) in [5.74, 6) is 0.350. The number of carbonyl (C=O) groups is 1. The summed E-state index contributed by atoms with van der Waals surface area (Å²) in [5.41, 5.74) is 1.44. The van der Waals surface area contributed by atoms with E-state index in [1.54, 1.807) is 24.3 Å².